The molecule has 0 fully saturated rings. The first-order valence-corrected chi connectivity index (χ1v) is 0.724. The Labute approximate surface area is 75.6 Å². The van der Waals surface area contributed by atoms with Crippen LogP contribution in [0, 0.1) is 11.2 Å². The Morgan fingerprint density at radius 2 is 1.75 bits per heavy atom. The average molecular weight is 125 g/mol. The molecule has 0 amide bonds. The number of hydrogen-bond donors (Lipinski definition) is 0. The van der Waals surface area contributed by atoms with E-state index < -0.39 is 0 Å². The van der Waals surface area contributed by atoms with Gasteiger partial charge in [-0.3, -0.25) is 0 Å². The number of nitriles is 1. The van der Waals surface area contributed by atoms with Gasteiger partial charge in [-0.15, -0.1) is 0 Å². The summed E-state index contributed by atoms with van der Waals surface area (Å²) in [7, 11) is 1.43. The van der Waals surface area contributed by atoms with Gasteiger partial charge in [0, 0.05) is 0 Å². The molecule has 0 saturated carbocycles. The molecule has 0 radical (unpaired) electrons. The molecule has 0 saturated heterocycles. The summed E-state index contributed by atoms with van der Waals surface area (Å²) in [4.78, 5) is 0. The van der Waals surface area contributed by atoms with E-state index >= 15 is 0 Å². The van der Waals surface area contributed by atoms with E-state index in [0.29, 0.717) is 0 Å². The van der Waals surface area contributed by atoms with Gasteiger partial charge >= 0.3 is 58.2 Å². The zero-order valence-corrected chi connectivity index (χ0v) is 1.95. The quantitative estimate of drug-likeness (QED) is 0.360. The summed E-state index contributed by atoms with van der Waals surface area (Å²) in [6.45, 7) is 0. The molecule has 0 aromatic carbocycles. The molecule has 0 heterocycles. The second kappa shape index (κ2) is 8.84. The van der Waals surface area contributed by atoms with Crippen molar-refractivity contribution in [1.82, 2.24) is 0 Å². The van der Waals surface area contributed by atoms with E-state index in [9.17, 15) is 0 Å². The first-order valence-electron chi connectivity index (χ1n) is 0.724. The van der Waals surface area contributed by atoms with E-state index in [1.165, 1.54) is 7.85 Å². The summed E-state index contributed by atoms with van der Waals surface area (Å²) in [5.41, 5.74) is 0. The molecule has 3 heteroatoms. The molecule has 0 aromatic rings. The predicted molar refractivity (Wildman–Crippen MR) is 21.3 cm³/mol. The molecule has 1 nitrogen and oxygen atoms in total. The van der Waals surface area contributed by atoms with Crippen LogP contribution in [0.4, 0.5) is 0 Å². The summed E-state index contributed by atoms with van der Waals surface area (Å²) < 4.78 is 0. The first-order chi connectivity index (χ1) is 1.41. The third-order valence-corrected chi connectivity index (χ3v) is 0. The fraction of sp³-hybridized carbons (Fsp3) is 0. The fourth-order valence-corrected chi connectivity index (χ4v) is 0. The zero-order valence-electron chi connectivity index (χ0n) is 1.95. The molecule has 0 bridgehead atoms. The van der Waals surface area contributed by atoms with Crippen molar-refractivity contribution < 1.29 is 0 Å². The summed E-state index contributed by atoms with van der Waals surface area (Å²) in [5.74, 6) is 1.75. The maximum atomic E-state index is 7.32. The molecule has 0 aliphatic rings. The van der Waals surface area contributed by atoms with Crippen LogP contribution in [0.2, 0.25) is 0 Å². The van der Waals surface area contributed by atoms with Crippen molar-refractivity contribution in [2.75, 3.05) is 0 Å². The summed E-state index contributed by atoms with van der Waals surface area (Å²) in [6, 6.07) is 0. The van der Waals surface area contributed by atoms with Gasteiger partial charge in [0.25, 0.3) is 0 Å². The van der Waals surface area contributed by atoms with Crippen molar-refractivity contribution in [3.8, 4) is 5.97 Å². The minimum atomic E-state index is 0. The van der Waals surface area contributed by atoms with E-state index in [-0.39, 0.29) is 58.2 Å². The van der Waals surface area contributed by atoms with Crippen molar-refractivity contribution in [2.24, 2.45) is 0 Å². The van der Waals surface area contributed by atoms with Crippen LogP contribution < -0.4 is 0 Å². The molecule has 0 aliphatic carbocycles. The van der Waals surface area contributed by atoms with Crippen LogP contribution >= 0.6 is 0 Å². The number of nitrogens with zero attached hydrogens (tertiary/aromatic N) is 1. The van der Waals surface area contributed by atoms with Crippen LogP contribution in [0.5, 0.6) is 0 Å². The standard InChI is InChI=1S/CH2BN.Rb.H/c2-1-3;;/h2H2;;. The molecule has 4 heavy (non-hydrogen) atoms. The van der Waals surface area contributed by atoms with E-state index in [4.69, 9.17) is 5.26 Å². The monoisotopic (exact) mass is 125 g/mol. The van der Waals surface area contributed by atoms with Gasteiger partial charge < -0.3 is 0 Å². The zero-order chi connectivity index (χ0) is 2.71. The number of hydrogen-bond acceptors (Lipinski definition) is 1. The Kier molecular flexibility index (Phi) is 19.9. The molecule has 0 spiro atoms. The van der Waals surface area contributed by atoms with Crippen LogP contribution in [0.3, 0.4) is 0 Å². The van der Waals surface area contributed by atoms with Crippen molar-refractivity contribution >= 4 is 66.0 Å². The minimum absolute atomic E-state index is 0. The molecule has 0 aliphatic heterocycles. The van der Waals surface area contributed by atoms with Gasteiger partial charge in [0.15, 0.2) is 0 Å². The molecule has 0 N–H and O–H groups in total. The second-order valence-corrected chi connectivity index (χ2v) is 0.224. The SMILES string of the molecule is BC#N.[RbH]. The van der Waals surface area contributed by atoms with Crippen LogP contribution in [-0.4, -0.2) is 66.0 Å². The normalized spacial score (nSPS) is 1.75. The Morgan fingerprint density at radius 3 is 1.75 bits per heavy atom. The Bertz CT molecular complexity index is 29.5. The van der Waals surface area contributed by atoms with Crippen LogP contribution in [0.1, 0.15) is 0 Å². The molecule has 16 valence electrons. The second-order valence-electron chi connectivity index (χ2n) is 0.224. The third-order valence-electron chi connectivity index (χ3n) is 0. The van der Waals surface area contributed by atoms with Crippen LogP contribution in [-0.2, 0) is 0 Å². The maximum absolute atomic E-state index is 7.32. The Hall–Kier alpha value is 1.36. The first kappa shape index (κ1) is 9.03. The molecular weight excluding hydrogens is 122 g/mol. The van der Waals surface area contributed by atoms with Gasteiger partial charge in [0.1, 0.15) is 0 Å². The van der Waals surface area contributed by atoms with E-state index in [1.807, 2.05) is 0 Å². The van der Waals surface area contributed by atoms with Crippen molar-refractivity contribution in [3.63, 3.8) is 0 Å². The van der Waals surface area contributed by atoms with Crippen molar-refractivity contribution in [1.29, 1.82) is 5.26 Å². The van der Waals surface area contributed by atoms with Gasteiger partial charge in [0.2, 0.25) is 7.85 Å². The van der Waals surface area contributed by atoms with Crippen molar-refractivity contribution in [2.45, 2.75) is 0 Å². The van der Waals surface area contributed by atoms with Gasteiger partial charge in [-0.2, -0.15) is 0 Å². The Balaban J connectivity index is 0. The van der Waals surface area contributed by atoms with Gasteiger partial charge in [-0.05, 0) is 5.97 Å². The van der Waals surface area contributed by atoms with Crippen LogP contribution in [0.25, 0.3) is 0 Å². The third kappa shape index (κ3) is 10.1. The van der Waals surface area contributed by atoms with Gasteiger partial charge in [-0.25, -0.2) is 5.26 Å². The molecule has 0 aromatic heterocycles. The molecule has 0 rings (SSSR count). The topological polar surface area (TPSA) is 23.8 Å². The van der Waals surface area contributed by atoms with E-state index in [0.717, 1.165) is 0 Å². The van der Waals surface area contributed by atoms with Gasteiger partial charge in [-0.1, -0.05) is 0 Å². The Morgan fingerprint density at radius 1 is 1.75 bits per heavy atom. The van der Waals surface area contributed by atoms with Crippen molar-refractivity contribution in [3.05, 3.63) is 0 Å². The van der Waals surface area contributed by atoms with Crippen LogP contribution in [0.15, 0.2) is 0 Å². The van der Waals surface area contributed by atoms with E-state index in [2.05, 4.69) is 0 Å². The average Bonchev–Trinajstić information content (AvgIpc) is 0.918. The number of rotatable bonds is 0. The molecule has 0 unspecified atom stereocenters. The summed E-state index contributed by atoms with van der Waals surface area (Å²) in [5, 5.41) is 7.32. The molecular formula is CH3BNRb. The summed E-state index contributed by atoms with van der Waals surface area (Å²) in [6.07, 6.45) is 0. The van der Waals surface area contributed by atoms with E-state index in [1.54, 1.807) is 5.97 Å². The predicted octanol–water partition coefficient (Wildman–Crippen LogP) is -1.55. The fourth-order valence-electron chi connectivity index (χ4n) is 0. The summed E-state index contributed by atoms with van der Waals surface area (Å²) >= 11 is 0. The van der Waals surface area contributed by atoms with Gasteiger partial charge in [0.05, 0.1) is 0 Å². The molecule has 0 atom stereocenters.